The van der Waals surface area contributed by atoms with Gasteiger partial charge in [-0.3, -0.25) is 9.78 Å². The number of hydrogen-bond donors (Lipinski definition) is 1. The van der Waals surface area contributed by atoms with E-state index in [0.29, 0.717) is 12.1 Å². The molecule has 1 aromatic heterocycles. The lowest BCUT2D eigenvalue weighted by Crippen LogP contribution is -2.23. The van der Waals surface area contributed by atoms with Crippen molar-refractivity contribution in [2.75, 3.05) is 0 Å². The summed E-state index contributed by atoms with van der Waals surface area (Å²) in [5, 5.41) is 2.82. The third-order valence-corrected chi connectivity index (χ3v) is 3.74. The maximum absolute atomic E-state index is 13.2. The minimum atomic E-state index is -0.427. The van der Waals surface area contributed by atoms with Gasteiger partial charge < -0.3 is 5.32 Å². The smallest absolute Gasteiger partial charge is 0.251 e. The van der Waals surface area contributed by atoms with Crippen LogP contribution in [0.3, 0.4) is 0 Å². The SMILES string of the molecule is Cc1ccc(-c2ncccc2CNC(=O)c2cccc(F)c2)cc1. The fourth-order valence-corrected chi connectivity index (χ4v) is 2.46. The number of carbonyl (C=O) groups is 1. The zero-order chi connectivity index (χ0) is 16.9. The zero-order valence-corrected chi connectivity index (χ0v) is 13.3. The first-order valence-corrected chi connectivity index (χ1v) is 7.68. The molecule has 0 spiro atoms. The van der Waals surface area contributed by atoms with Gasteiger partial charge in [0.1, 0.15) is 5.82 Å². The number of aromatic nitrogens is 1. The fourth-order valence-electron chi connectivity index (χ4n) is 2.46. The van der Waals surface area contributed by atoms with Gasteiger partial charge >= 0.3 is 0 Å². The third-order valence-electron chi connectivity index (χ3n) is 3.74. The van der Waals surface area contributed by atoms with Gasteiger partial charge in [0, 0.05) is 23.9 Å². The van der Waals surface area contributed by atoms with Crippen molar-refractivity contribution in [1.82, 2.24) is 10.3 Å². The number of hydrogen-bond acceptors (Lipinski definition) is 2. The van der Waals surface area contributed by atoms with Crippen molar-refractivity contribution in [3.05, 3.63) is 89.4 Å². The monoisotopic (exact) mass is 320 g/mol. The lowest BCUT2D eigenvalue weighted by atomic mass is 10.0. The highest BCUT2D eigenvalue weighted by Crippen LogP contribution is 2.21. The molecule has 4 heteroatoms. The molecule has 0 aliphatic heterocycles. The summed E-state index contributed by atoms with van der Waals surface area (Å²) in [5.41, 5.74) is 4.21. The molecule has 0 unspecified atom stereocenters. The summed E-state index contributed by atoms with van der Waals surface area (Å²) >= 11 is 0. The van der Waals surface area contributed by atoms with E-state index in [-0.39, 0.29) is 5.91 Å². The van der Waals surface area contributed by atoms with Crippen LogP contribution in [-0.2, 0) is 6.54 Å². The highest BCUT2D eigenvalue weighted by atomic mass is 19.1. The minimum absolute atomic E-state index is 0.302. The first-order chi connectivity index (χ1) is 11.6. The molecule has 3 rings (SSSR count). The molecule has 3 nitrogen and oxygen atoms in total. The van der Waals surface area contributed by atoms with E-state index in [4.69, 9.17) is 0 Å². The Morgan fingerprint density at radius 3 is 2.62 bits per heavy atom. The second-order valence-corrected chi connectivity index (χ2v) is 5.57. The molecule has 120 valence electrons. The Labute approximate surface area is 140 Å². The van der Waals surface area contributed by atoms with E-state index in [0.717, 1.165) is 16.8 Å². The van der Waals surface area contributed by atoms with E-state index in [1.165, 1.54) is 23.8 Å². The van der Waals surface area contributed by atoms with E-state index in [9.17, 15) is 9.18 Å². The summed E-state index contributed by atoms with van der Waals surface area (Å²) in [6, 6.07) is 17.5. The largest absolute Gasteiger partial charge is 0.348 e. The molecule has 2 aromatic carbocycles. The molecule has 0 aliphatic rings. The molecular weight excluding hydrogens is 303 g/mol. The lowest BCUT2D eigenvalue weighted by Gasteiger charge is -2.10. The number of halogens is 1. The van der Waals surface area contributed by atoms with Gasteiger partial charge in [0.25, 0.3) is 5.91 Å². The average Bonchev–Trinajstić information content (AvgIpc) is 2.61. The molecule has 0 bridgehead atoms. The van der Waals surface area contributed by atoms with Crippen LogP contribution in [0.5, 0.6) is 0 Å². The van der Waals surface area contributed by atoms with E-state index in [2.05, 4.69) is 10.3 Å². The number of carbonyl (C=O) groups excluding carboxylic acids is 1. The Morgan fingerprint density at radius 1 is 1.08 bits per heavy atom. The summed E-state index contributed by atoms with van der Waals surface area (Å²) in [6.45, 7) is 2.36. The molecule has 0 fully saturated rings. The van der Waals surface area contributed by atoms with Crippen molar-refractivity contribution in [3.8, 4) is 11.3 Å². The van der Waals surface area contributed by atoms with Crippen molar-refractivity contribution in [3.63, 3.8) is 0 Å². The summed E-state index contributed by atoms with van der Waals surface area (Å²) in [7, 11) is 0. The summed E-state index contributed by atoms with van der Waals surface area (Å²) < 4.78 is 13.2. The summed E-state index contributed by atoms with van der Waals surface area (Å²) in [6.07, 6.45) is 1.73. The first-order valence-electron chi connectivity index (χ1n) is 7.68. The molecular formula is C20H17FN2O. The summed E-state index contributed by atoms with van der Waals surface area (Å²) in [4.78, 5) is 16.6. The molecule has 0 saturated carbocycles. The number of benzene rings is 2. The van der Waals surface area contributed by atoms with Gasteiger partial charge in [0.05, 0.1) is 5.69 Å². The number of rotatable bonds is 4. The number of aryl methyl sites for hydroxylation is 1. The van der Waals surface area contributed by atoms with Crippen LogP contribution in [-0.4, -0.2) is 10.9 Å². The van der Waals surface area contributed by atoms with Crippen molar-refractivity contribution in [2.45, 2.75) is 13.5 Å². The normalized spacial score (nSPS) is 10.4. The predicted octanol–water partition coefficient (Wildman–Crippen LogP) is 4.13. The third kappa shape index (κ3) is 3.66. The maximum atomic E-state index is 13.2. The van der Waals surface area contributed by atoms with Crippen LogP contribution in [0.25, 0.3) is 11.3 Å². The van der Waals surface area contributed by atoms with Gasteiger partial charge in [-0.05, 0) is 36.8 Å². The minimum Gasteiger partial charge on any atom is -0.348 e. The Bertz CT molecular complexity index is 860. The summed E-state index contributed by atoms with van der Waals surface area (Å²) in [5.74, 6) is -0.738. The van der Waals surface area contributed by atoms with Gasteiger partial charge in [0.2, 0.25) is 0 Å². The van der Waals surface area contributed by atoms with Gasteiger partial charge in [0.15, 0.2) is 0 Å². The zero-order valence-electron chi connectivity index (χ0n) is 13.3. The molecule has 0 radical (unpaired) electrons. The molecule has 1 heterocycles. The van der Waals surface area contributed by atoms with Crippen LogP contribution >= 0.6 is 0 Å². The van der Waals surface area contributed by atoms with Gasteiger partial charge in [-0.2, -0.15) is 0 Å². The van der Waals surface area contributed by atoms with Gasteiger partial charge in [-0.1, -0.05) is 42.0 Å². The van der Waals surface area contributed by atoms with Gasteiger partial charge in [-0.25, -0.2) is 4.39 Å². The van der Waals surface area contributed by atoms with Crippen molar-refractivity contribution < 1.29 is 9.18 Å². The van der Waals surface area contributed by atoms with E-state index in [1.54, 1.807) is 12.3 Å². The van der Waals surface area contributed by atoms with E-state index < -0.39 is 5.82 Å². The Kier molecular flexibility index (Phi) is 4.66. The number of nitrogens with one attached hydrogen (secondary N) is 1. The first kappa shape index (κ1) is 15.9. The Hall–Kier alpha value is -3.01. The van der Waals surface area contributed by atoms with E-state index >= 15 is 0 Å². The van der Waals surface area contributed by atoms with Crippen LogP contribution < -0.4 is 5.32 Å². The number of pyridine rings is 1. The van der Waals surface area contributed by atoms with Crippen LogP contribution in [0.2, 0.25) is 0 Å². The topological polar surface area (TPSA) is 42.0 Å². The lowest BCUT2D eigenvalue weighted by molar-refractivity contribution is 0.0950. The van der Waals surface area contributed by atoms with E-state index in [1.807, 2.05) is 43.3 Å². The van der Waals surface area contributed by atoms with Crippen LogP contribution in [0.4, 0.5) is 4.39 Å². The molecule has 1 amide bonds. The number of amides is 1. The molecule has 24 heavy (non-hydrogen) atoms. The van der Waals surface area contributed by atoms with Crippen LogP contribution in [0, 0.1) is 12.7 Å². The highest BCUT2D eigenvalue weighted by Gasteiger charge is 2.10. The van der Waals surface area contributed by atoms with Crippen LogP contribution in [0.1, 0.15) is 21.5 Å². The fraction of sp³-hybridized carbons (Fsp3) is 0.100. The predicted molar refractivity (Wildman–Crippen MR) is 92.0 cm³/mol. The highest BCUT2D eigenvalue weighted by molar-refractivity contribution is 5.94. The molecule has 0 aliphatic carbocycles. The van der Waals surface area contributed by atoms with Crippen molar-refractivity contribution in [1.29, 1.82) is 0 Å². The molecule has 0 saturated heterocycles. The van der Waals surface area contributed by atoms with Crippen molar-refractivity contribution in [2.24, 2.45) is 0 Å². The Balaban J connectivity index is 1.78. The van der Waals surface area contributed by atoms with Gasteiger partial charge in [-0.15, -0.1) is 0 Å². The maximum Gasteiger partial charge on any atom is 0.251 e. The standard InChI is InChI=1S/C20H17FN2O/c1-14-7-9-15(10-8-14)19-17(5-3-11-22-19)13-23-20(24)16-4-2-6-18(21)12-16/h2-12H,13H2,1H3,(H,23,24). The Morgan fingerprint density at radius 2 is 1.88 bits per heavy atom. The molecule has 1 N–H and O–H groups in total. The van der Waals surface area contributed by atoms with Crippen LogP contribution in [0.15, 0.2) is 66.9 Å². The quantitative estimate of drug-likeness (QED) is 0.785. The number of nitrogens with zero attached hydrogens (tertiary/aromatic N) is 1. The second kappa shape index (κ2) is 7.04. The van der Waals surface area contributed by atoms with Crippen molar-refractivity contribution >= 4 is 5.91 Å². The average molecular weight is 320 g/mol. The molecule has 0 atom stereocenters. The molecule has 3 aromatic rings. The second-order valence-electron chi connectivity index (χ2n) is 5.57.